The zero-order valence-electron chi connectivity index (χ0n) is 13.1. The summed E-state index contributed by atoms with van der Waals surface area (Å²) in [5.41, 5.74) is 2.01. The Bertz CT molecular complexity index is 826. The standard InChI is InChI=1S/C18H17N3O3/c22-16-12-18(15-4-2-1-3-14(15)16)6-9-20(10-7-18)17-11-13(21(23)24)5-8-19-17/h1-5,8,11H,6-7,9-10,12H2. The molecular weight excluding hydrogens is 306 g/mol. The topological polar surface area (TPSA) is 76.3 Å². The van der Waals surface area contributed by atoms with Crippen molar-refractivity contribution in [3.8, 4) is 0 Å². The van der Waals surface area contributed by atoms with Crippen LogP contribution in [0.5, 0.6) is 0 Å². The lowest BCUT2D eigenvalue weighted by Crippen LogP contribution is -2.42. The highest BCUT2D eigenvalue weighted by Gasteiger charge is 2.45. The second-order valence-electron chi connectivity index (χ2n) is 6.54. The van der Waals surface area contributed by atoms with E-state index in [1.54, 1.807) is 0 Å². The van der Waals surface area contributed by atoms with Crippen molar-refractivity contribution in [2.75, 3.05) is 18.0 Å². The summed E-state index contributed by atoms with van der Waals surface area (Å²) in [5.74, 6) is 0.865. The predicted molar refractivity (Wildman–Crippen MR) is 89.4 cm³/mol. The summed E-state index contributed by atoms with van der Waals surface area (Å²) in [6.45, 7) is 1.49. The van der Waals surface area contributed by atoms with E-state index in [0.29, 0.717) is 12.2 Å². The summed E-state index contributed by atoms with van der Waals surface area (Å²) in [7, 11) is 0. The summed E-state index contributed by atoms with van der Waals surface area (Å²) in [5, 5.41) is 10.9. The van der Waals surface area contributed by atoms with Crippen LogP contribution in [-0.2, 0) is 5.41 Å². The first kappa shape index (κ1) is 14.8. The predicted octanol–water partition coefficient (Wildman–Crippen LogP) is 3.11. The Morgan fingerprint density at radius 2 is 1.92 bits per heavy atom. The van der Waals surface area contributed by atoms with E-state index in [2.05, 4.69) is 16.0 Å². The molecule has 2 aromatic rings. The van der Waals surface area contributed by atoms with Gasteiger partial charge in [0.05, 0.1) is 11.0 Å². The summed E-state index contributed by atoms with van der Waals surface area (Å²) >= 11 is 0. The number of anilines is 1. The van der Waals surface area contributed by atoms with Crippen molar-refractivity contribution in [2.24, 2.45) is 0 Å². The molecule has 0 atom stereocenters. The van der Waals surface area contributed by atoms with E-state index in [4.69, 9.17) is 0 Å². The molecule has 0 N–H and O–H groups in total. The molecule has 0 unspecified atom stereocenters. The van der Waals surface area contributed by atoms with E-state index >= 15 is 0 Å². The first-order chi connectivity index (χ1) is 11.6. The average molecular weight is 323 g/mol. The number of benzene rings is 1. The zero-order chi connectivity index (χ0) is 16.7. The van der Waals surface area contributed by atoms with Crippen molar-refractivity contribution in [2.45, 2.75) is 24.7 Å². The first-order valence-corrected chi connectivity index (χ1v) is 8.07. The van der Waals surface area contributed by atoms with Crippen LogP contribution in [0.25, 0.3) is 0 Å². The van der Waals surface area contributed by atoms with Gasteiger partial charge in [-0.15, -0.1) is 0 Å². The van der Waals surface area contributed by atoms with Crippen molar-refractivity contribution < 1.29 is 9.72 Å². The maximum absolute atomic E-state index is 12.3. The molecule has 1 aromatic heterocycles. The maximum atomic E-state index is 12.3. The van der Waals surface area contributed by atoms with Crippen molar-refractivity contribution in [3.63, 3.8) is 0 Å². The number of aromatic nitrogens is 1. The van der Waals surface area contributed by atoms with E-state index in [-0.39, 0.29) is 16.9 Å². The third-order valence-corrected chi connectivity index (χ3v) is 5.28. The number of Topliss-reactive ketones (excluding diaryl/α,β-unsaturated/α-hetero) is 1. The van der Waals surface area contributed by atoms with Crippen LogP contribution in [0.4, 0.5) is 11.5 Å². The second kappa shape index (κ2) is 5.40. The third kappa shape index (κ3) is 2.26. The number of nitrogens with zero attached hydrogens (tertiary/aromatic N) is 3. The van der Waals surface area contributed by atoms with Crippen molar-refractivity contribution in [1.82, 2.24) is 4.98 Å². The van der Waals surface area contributed by atoms with Crippen LogP contribution >= 0.6 is 0 Å². The number of hydrogen-bond donors (Lipinski definition) is 0. The lowest BCUT2D eigenvalue weighted by atomic mass is 9.74. The van der Waals surface area contributed by atoms with Gasteiger partial charge in [0, 0.05) is 42.8 Å². The summed E-state index contributed by atoms with van der Waals surface area (Å²) < 4.78 is 0. The fraction of sp³-hybridized carbons (Fsp3) is 0.333. The van der Waals surface area contributed by atoms with Gasteiger partial charge >= 0.3 is 0 Å². The molecule has 1 spiro atoms. The molecule has 6 heteroatoms. The Balaban J connectivity index is 1.57. The molecule has 6 nitrogen and oxygen atoms in total. The van der Waals surface area contributed by atoms with Crippen LogP contribution in [0.1, 0.15) is 35.2 Å². The third-order valence-electron chi connectivity index (χ3n) is 5.28. The van der Waals surface area contributed by atoms with Gasteiger partial charge in [0.25, 0.3) is 5.69 Å². The first-order valence-electron chi connectivity index (χ1n) is 8.07. The number of ketones is 1. The number of piperidine rings is 1. The Hall–Kier alpha value is -2.76. The molecule has 1 aromatic carbocycles. The molecule has 0 saturated carbocycles. The number of fused-ring (bicyclic) bond motifs is 2. The lowest BCUT2D eigenvalue weighted by Gasteiger charge is -2.40. The maximum Gasteiger partial charge on any atom is 0.274 e. The van der Waals surface area contributed by atoms with Gasteiger partial charge in [-0.25, -0.2) is 4.98 Å². The summed E-state index contributed by atoms with van der Waals surface area (Å²) in [6.07, 6.45) is 3.77. The number of pyridine rings is 1. The van der Waals surface area contributed by atoms with Gasteiger partial charge in [-0.05, 0) is 18.4 Å². The van der Waals surface area contributed by atoms with Gasteiger partial charge in [0.1, 0.15) is 5.82 Å². The van der Waals surface area contributed by atoms with Crippen LogP contribution in [0.3, 0.4) is 0 Å². The normalized spacial score (nSPS) is 18.7. The highest BCUT2D eigenvalue weighted by molar-refractivity contribution is 6.02. The molecule has 2 aliphatic rings. The van der Waals surface area contributed by atoms with Crippen molar-refractivity contribution >= 4 is 17.3 Å². The van der Waals surface area contributed by atoms with Gasteiger partial charge in [0.2, 0.25) is 0 Å². The van der Waals surface area contributed by atoms with Crippen LogP contribution in [0.15, 0.2) is 42.6 Å². The van der Waals surface area contributed by atoms with Crippen molar-refractivity contribution in [3.05, 3.63) is 63.8 Å². The molecular formula is C18H17N3O3. The molecule has 122 valence electrons. The number of hydrogen-bond acceptors (Lipinski definition) is 5. The van der Waals surface area contributed by atoms with Crippen LogP contribution in [0, 0.1) is 10.1 Å². The molecule has 1 aliphatic heterocycles. The molecule has 24 heavy (non-hydrogen) atoms. The number of nitro groups is 1. The van der Waals surface area contributed by atoms with Crippen LogP contribution in [0.2, 0.25) is 0 Å². The van der Waals surface area contributed by atoms with E-state index in [1.165, 1.54) is 23.9 Å². The molecule has 1 aliphatic carbocycles. The molecule has 4 rings (SSSR count). The van der Waals surface area contributed by atoms with Crippen molar-refractivity contribution in [1.29, 1.82) is 0 Å². The van der Waals surface area contributed by atoms with E-state index in [9.17, 15) is 14.9 Å². The number of carbonyl (C=O) groups is 1. The minimum Gasteiger partial charge on any atom is -0.356 e. The van der Waals surface area contributed by atoms with E-state index in [1.807, 2.05) is 18.2 Å². The quantitative estimate of drug-likeness (QED) is 0.627. The minimum atomic E-state index is -0.400. The Morgan fingerprint density at radius 3 is 2.67 bits per heavy atom. The Kier molecular flexibility index (Phi) is 3.33. The molecule has 2 heterocycles. The van der Waals surface area contributed by atoms with Crippen LogP contribution in [-0.4, -0.2) is 28.8 Å². The minimum absolute atomic E-state index is 0.0571. The molecule has 0 bridgehead atoms. The average Bonchev–Trinajstić information content (AvgIpc) is 2.88. The van der Waals surface area contributed by atoms with Gasteiger partial charge in [-0.1, -0.05) is 24.3 Å². The molecule has 0 radical (unpaired) electrons. The Labute approximate surface area is 139 Å². The summed E-state index contributed by atoms with van der Waals surface area (Å²) in [6, 6.07) is 10.8. The highest BCUT2D eigenvalue weighted by atomic mass is 16.6. The van der Waals surface area contributed by atoms with E-state index < -0.39 is 4.92 Å². The van der Waals surface area contributed by atoms with Gasteiger partial charge < -0.3 is 4.90 Å². The lowest BCUT2D eigenvalue weighted by molar-refractivity contribution is -0.384. The SMILES string of the molecule is O=C1CC2(CCN(c3cc([N+](=O)[O-])ccn3)CC2)c2ccccc21. The van der Waals surface area contributed by atoms with Gasteiger partial charge in [0.15, 0.2) is 5.78 Å². The highest BCUT2D eigenvalue weighted by Crippen LogP contribution is 2.46. The fourth-order valence-corrected chi connectivity index (χ4v) is 3.99. The van der Waals surface area contributed by atoms with Crippen LogP contribution < -0.4 is 4.90 Å². The fourth-order valence-electron chi connectivity index (χ4n) is 3.99. The Morgan fingerprint density at radius 1 is 1.17 bits per heavy atom. The van der Waals surface area contributed by atoms with Gasteiger partial charge in [-0.2, -0.15) is 0 Å². The van der Waals surface area contributed by atoms with Gasteiger partial charge in [-0.3, -0.25) is 14.9 Å². The molecule has 1 fully saturated rings. The molecule has 1 saturated heterocycles. The summed E-state index contributed by atoms with van der Waals surface area (Å²) in [4.78, 5) is 29.2. The zero-order valence-corrected chi connectivity index (χ0v) is 13.1. The number of carbonyl (C=O) groups excluding carboxylic acids is 1. The second-order valence-corrected chi connectivity index (χ2v) is 6.54. The largest absolute Gasteiger partial charge is 0.356 e. The molecule has 0 amide bonds. The smallest absolute Gasteiger partial charge is 0.274 e. The monoisotopic (exact) mass is 323 g/mol. The van der Waals surface area contributed by atoms with E-state index in [0.717, 1.165) is 31.5 Å². The number of rotatable bonds is 2.